The van der Waals surface area contributed by atoms with Crippen LogP contribution in [0.5, 0.6) is 5.75 Å². The number of ether oxygens (including phenoxy) is 1. The van der Waals surface area contributed by atoms with Gasteiger partial charge in [-0.25, -0.2) is 0 Å². The van der Waals surface area contributed by atoms with Crippen LogP contribution < -0.4 is 20.7 Å². The van der Waals surface area contributed by atoms with Crippen LogP contribution in [-0.4, -0.2) is 18.4 Å². The van der Waals surface area contributed by atoms with Crippen LogP contribution in [0.4, 0.5) is 11.4 Å². The first-order chi connectivity index (χ1) is 14.0. The minimum absolute atomic E-state index is 0.0657. The highest BCUT2D eigenvalue weighted by atomic mass is 16.5. The number of hydrogen-bond acceptors (Lipinski definition) is 4. The lowest BCUT2D eigenvalue weighted by atomic mass is 10.0. The summed E-state index contributed by atoms with van der Waals surface area (Å²) in [5, 5.41) is 3.47. The molecule has 1 heterocycles. The van der Waals surface area contributed by atoms with Crippen LogP contribution in [0, 0.1) is 6.92 Å². The summed E-state index contributed by atoms with van der Waals surface area (Å²) in [6, 6.07) is 22.6. The molecule has 6 nitrogen and oxygen atoms in total. The minimum Gasteiger partial charge on any atom is -0.484 e. The number of benzene rings is 3. The predicted molar refractivity (Wildman–Crippen MR) is 112 cm³/mol. The van der Waals surface area contributed by atoms with E-state index in [9.17, 15) is 9.59 Å². The fourth-order valence-electron chi connectivity index (χ4n) is 3.43. The lowest BCUT2D eigenvalue weighted by Crippen LogP contribution is -2.43. The molecular weight excluding hydrogens is 366 g/mol. The first kappa shape index (κ1) is 18.6. The summed E-state index contributed by atoms with van der Waals surface area (Å²) in [5.74, 6) is -0.0583. The lowest BCUT2D eigenvalue weighted by molar-refractivity contribution is -0.119. The molecule has 0 aromatic heterocycles. The zero-order chi connectivity index (χ0) is 20.4. The summed E-state index contributed by atoms with van der Waals surface area (Å²) in [4.78, 5) is 26.0. The highest BCUT2D eigenvalue weighted by molar-refractivity contribution is 6.12. The van der Waals surface area contributed by atoms with E-state index in [1.165, 1.54) is 0 Å². The number of amides is 2. The average molecular weight is 387 g/mol. The van der Waals surface area contributed by atoms with Crippen LogP contribution >= 0.6 is 0 Å². The molecule has 146 valence electrons. The largest absolute Gasteiger partial charge is 0.484 e. The third-order valence-electron chi connectivity index (χ3n) is 4.78. The maximum atomic E-state index is 13.4. The van der Waals surface area contributed by atoms with Gasteiger partial charge in [0.1, 0.15) is 11.9 Å². The molecule has 4 rings (SSSR count). The maximum absolute atomic E-state index is 13.4. The summed E-state index contributed by atoms with van der Waals surface area (Å²) >= 11 is 0. The van der Waals surface area contributed by atoms with E-state index in [2.05, 4.69) is 5.32 Å². The third kappa shape index (κ3) is 3.78. The summed E-state index contributed by atoms with van der Waals surface area (Å²) < 4.78 is 5.34. The molecule has 3 aromatic carbocycles. The van der Waals surface area contributed by atoms with Gasteiger partial charge in [-0.15, -0.1) is 0 Å². The summed E-state index contributed by atoms with van der Waals surface area (Å²) in [6.07, 6.45) is -0.385. The van der Waals surface area contributed by atoms with Gasteiger partial charge in [0.15, 0.2) is 6.61 Å². The van der Waals surface area contributed by atoms with Crippen LogP contribution in [-0.2, 0) is 4.79 Å². The van der Waals surface area contributed by atoms with Crippen molar-refractivity contribution in [3.63, 3.8) is 0 Å². The Morgan fingerprint density at radius 3 is 2.55 bits per heavy atom. The molecule has 0 unspecified atom stereocenters. The van der Waals surface area contributed by atoms with Crippen LogP contribution in [0.3, 0.4) is 0 Å². The number of para-hydroxylation sites is 1. The maximum Gasteiger partial charge on any atom is 0.262 e. The Labute approximate surface area is 168 Å². The smallest absolute Gasteiger partial charge is 0.262 e. The average Bonchev–Trinajstić information content (AvgIpc) is 2.72. The molecular formula is C23H21N3O3. The first-order valence-corrected chi connectivity index (χ1v) is 9.30. The van der Waals surface area contributed by atoms with Crippen molar-refractivity contribution in [3.8, 4) is 5.75 Å². The van der Waals surface area contributed by atoms with Gasteiger partial charge in [0.25, 0.3) is 11.8 Å². The normalized spacial score (nSPS) is 15.4. The number of primary amides is 1. The molecule has 1 aliphatic rings. The van der Waals surface area contributed by atoms with Gasteiger partial charge < -0.3 is 15.8 Å². The van der Waals surface area contributed by atoms with Gasteiger partial charge in [0.2, 0.25) is 0 Å². The van der Waals surface area contributed by atoms with Crippen molar-refractivity contribution in [1.82, 2.24) is 0 Å². The summed E-state index contributed by atoms with van der Waals surface area (Å²) in [7, 11) is 0. The van der Waals surface area contributed by atoms with Gasteiger partial charge in [-0.1, -0.05) is 36.4 Å². The van der Waals surface area contributed by atoms with Crippen molar-refractivity contribution >= 4 is 23.2 Å². The summed E-state index contributed by atoms with van der Waals surface area (Å²) in [5.41, 5.74) is 9.33. The second-order valence-electron chi connectivity index (χ2n) is 6.93. The lowest BCUT2D eigenvalue weighted by Gasteiger charge is -2.38. The van der Waals surface area contributed by atoms with Crippen LogP contribution in [0.2, 0.25) is 0 Å². The van der Waals surface area contributed by atoms with E-state index >= 15 is 0 Å². The number of nitrogens with two attached hydrogens (primary N) is 1. The Morgan fingerprint density at radius 2 is 1.83 bits per heavy atom. The number of hydrogen-bond donors (Lipinski definition) is 2. The number of nitrogens with one attached hydrogen (secondary N) is 1. The molecule has 0 radical (unpaired) electrons. The van der Waals surface area contributed by atoms with E-state index in [4.69, 9.17) is 10.5 Å². The second-order valence-corrected chi connectivity index (χ2v) is 6.93. The highest BCUT2D eigenvalue weighted by Crippen LogP contribution is 2.37. The number of anilines is 2. The predicted octanol–water partition coefficient (Wildman–Crippen LogP) is 3.63. The molecule has 0 aliphatic carbocycles. The van der Waals surface area contributed by atoms with Crippen molar-refractivity contribution in [2.75, 3.05) is 16.8 Å². The number of nitrogens with zero attached hydrogens (tertiary/aromatic N) is 1. The molecule has 1 aliphatic heterocycles. The first-order valence-electron chi connectivity index (χ1n) is 9.30. The van der Waals surface area contributed by atoms with Crippen LogP contribution in [0.1, 0.15) is 27.7 Å². The van der Waals surface area contributed by atoms with Gasteiger partial charge in [-0.2, -0.15) is 0 Å². The number of carbonyl (C=O) groups excluding carboxylic acids is 2. The Kier molecular flexibility index (Phi) is 4.91. The topological polar surface area (TPSA) is 84.7 Å². The number of fused-ring (bicyclic) bond motifs is 1. The Morgan fingerprint density at radius 1 is 1.07 bits per heavy atom. The number of carbonyl (C=O) groups is 2. The van der Waals surface area contributed by atoms with Crippen molar-refractivity contribution in [2.45, 2.75) is 13.1 Å². The van der Waals surface area contributed by atoms with E-state index in [1.54, 1.807) is 17.0 Å². The molecule has 0 saturated heterocycles. The van der Waals surface area contributed by atoms with Gasteiger partial charge in [0, 0.05) is 11.4 Å². The summed E-state index contributed by atoms with van der Waals surface area (Å²) in [6.45, 7) is 1.82. The zero-order valence-electron chi connectivity index (χ0n) is 16.0. The van der Waals surface area contributed by atoms with Crippen molar-refractivity contribution in [1.29, 1.82) is 0 Å². The van der Waals surface area contributed by atoms with Crippen molar-refractivity contribution < 1.29 is 14.3 Å². The van der Waals surface area contributed by atoms with E-state index < -0.39 is 5.91 Å². The Bertz CT molecular complexity index is 1060. The standard InChI is InChI=1S/C23H21N3O3/c1-15-5-4-6-17(13-15)26-22(25-20-8-3-2-7-19(20)23(26)28)16-9-11-18(12-10-16)29-14-21(24)27/h2-13,22,25H,14H2,1H3,(H2,24,27)/t22-/m1/s1. The minimum atomic E-state index is -0.532. The molecule has 0 saturated carbocycles. The van der Waals surface area contributed by atoms with Gasteiger partial charge in [-0.05, 0) is 54.4 Å². The molecule has 0 spiro atoms. The van der Waals surface area contributed by atoms with Gasteiger partial charge in [-0.3, -0.25) is 14.5 Å². The van der Waals surface area contributed by atoms with Gasteiger partial charge in [0.05, 0.1) is 5.56 Å². The van der Waals surface area contributed by atoms with E-state index in [1.807, 2.05) is 67.6 Å². The fourth-order valence-corrected chi connectivity index (χ4v) is 3.43. The van der Waals surface area contributed by atoms with Crippen molar-refractivity contribution in [3.05, 3.63) is 89.5 Å². The molecule has 6 heteroatoms. The molecule has 3 N–H and O–H groups in total. The Balaban J connectivity index is 1.73. The highest BCUT2D eigenvalue weighted by Gasteiger charge is 2.34. The molecule has 0 bridgehead atoms. The quantitative estimate of drug-likeness (QED) is 0.700. The molecule has 29 heavy (non-hydrogen) atoms. The number of rotatable bonds is 5. The molecule has 1 atom stereocenters. The molecule has 2 amide bonds. The molecule has 0 fully saturated rings. The van der Waals surface area contributed by atoms with E-state index in [0.29, 0.717) is 11.3 Å². The molecule has 3 aromatic rings. The van der Waals surface area contributed by atoms with E-state index in [0.717, 1.165) is 22.5 Å². The fraction of sp³-hybridized carbons (Fsp3) is 0.130. The van der Waals surface area contributed by atoms with Crippen LogP contribution in [0.15, 0.2) is 72.8 Å². The zero-order valence-corrected chi connectivity index (χ0v) is 16.0. The SMILES string of the molecule is Cc1cccc(N2C(=O)c3ccccc3N[C@H]2c2ccc(OCC(N)=O)cc2)c1. The number of aryl methyl sites for hydroxylation is 1. The van der Waals surface area contributed by atoms with E-state index in [-0.39, 0.29) is 18.7 Å². The Hall–Kier alpha value is -3.80. The van der Waals surface area contributed by atoms with Crippen molar-refractivity contribution in [2.24, 2.45) is 5.73 Å². The second kappa shape index (κ2) is 7.67. The van der Waals surface area contributed by atoms with Crippen LogP contribution in [0.25, 0.3) is 0 Å². The third-order valence-corrected chi connectivity index (χ3v) is 4.78. The van der Waals surface area contributed by atoms with Gasteiger partial charge >= 0.3 is 0 Å². The monoisotopic (exact) mass is 387 g/mol.